The summed E-state index contributed by atoms with van der Waals surface area (Å²) in [6.07, 6.45) is 0. The summed E-state index contributed by atoms with van der Waals surface area (Å²) in [6, 6.07) is 5.04. The molecular weight excluding hydrogens is 240 g/mol. The third kappa shape index (κ3) is 2.41. The van der Waals surface area contributed by atoms with Gasteiger partial charge in [-0.05, 0) is 26.0 Å². The van der Waals surface area contributed by atoms with Crippen molar-refractivity contribution >= 4 is 26.6 Å². The number of fused-ring (bicyclic) bond motifs is 1. The zero-order chi connectivity index (χ0) is 12.6. The Labute approximate surface area is 99.6 Å². The van der Waals surface area contributed by atoms with Crippen LogP contribution in [0.2, 0.25) is 0 Å². The molecule has 1 aromatic heterocycles. The lowest BCUT2D eigenvalue weighted by Crippen LogP contribution is -2.16. The minimum atomic E-state index is -3.20. The molecule has 0 unspecified atom stereocenters. The van der Waals surface area contributed by atoms with Crippen LogP contribution in [0.4, 0.5) is 5.69 Å². The Kier molecular flexibility index (Phi) is 2.82. The molecule has 17 heavy (non-hydrogen) atoms. The third-order valence-corrected chi connectivity index (χ3v) is 4.59. The summed E-state index contributed by atoms with van der Waals surface area (Å²) in [5, 5.41) is -0.442. The number of sulfone groups is 1. The zero-order valence-electron chi connectivity index (χ0n) is 9.67. The van der Waals surface area contributed by atoms with Gasteiger partial charge >= 0.3 is 0 Å². The van der Waals surface area contributed by atoms with E-state index in [4.69, 9.17) is 10.2 Å². The van der Waals surface area contributed by atoms with Crippen LogP contribution >= 0.6 is 0 Å². The van der Waals surface area contributed by atoms with Crippen molar-refractivity contribution in [1.82, 2.24) is 4.98 Å². The molecule has 0 aliphatic rings. The predicted molar refractivity (Wildman–Crippen MR) is 66.2 cm³/mol. The molecule has 0 saturated carbocycles. The van der Waals surface area contributed by atoms with Crippen molar-refractivity contribution in [3.63, 3.8) is 0 Å². The van der Waals surface area contributed by atoms with E-state index >= 15 is 0 Å². The van der Waals surface area contributed by atoms with Crippen molar-refractivity contribution in [2.75, 3.05) is 5.73 Å². The summed E-state index contributed by atoms with van der Waals surface area (Å²) in [7, 11) is -3.20. The van der Waals surface area contributed by atoms with Crippen LogP contribution < -0.4 is 5.73 Å². The average molecular weight is 254 g/mol. The molecule has 0 fully saturated rings. The highest BCUT2D eigenvalue weighted by Crippen LogP contribution is 2.20. The number of nitrogen functional groups attached to an aromatic ring is 1. The van der Waals surface area contributed by atoms with Crippen LogP contribution in [0.3, 0.4) is 0 Å². The number of nitrogens with two attached hydrogens (primary N) is 1. The van der Waals surface area contributed by atoms with Gasteiger partial charge in [0.1, 0.15) is 11.3 Å². The number of rotatable bonds is 3. The smallest absolute Gasteiger partial charge is 0.210 e. The first-order valence-corrected chi connectivity index (χ1v) is 6.96. The molecule has 1 heterocycles. The minimum Gasteiger partial charge on any atom is -0.440 e. The summed E-state index contributed by atoms with van der Waals surface area (Å²) in [4.78, 5) is 4.12. The molecule has 1 aromatic carbocycles. The van der Waals surface area contributed by atoms with E-state index in [0.717, 1.165) is 0 Å². The molecule has 2 aromatic rings. The molecule has 2 N–H and O–H groups in total. The number of aromatic nitrogens is 1. The van der Waals surface area contributed by atoms with Gasteiger partial charge in [-0.25, -0.2) is 13.4 Å². The molecule has 0 aliphatic heterocycles. The van der Waals surface area contributed by atoms with E-state index in [1.54, 1.807) is 32.0 Å². The lowest BCUT2D eigenvalue weighted by atomic mass is 10.3. The second-order valence-electron chi connectivity index (χ2n) is 4.19. The molecule has 0 bridgehead atoms. The Hall–Kier alpha value is -1.56. The predicted octanol–water partition coefficient (Wildman–Crippen LogP) is 1.73. The van der Waals surface area contributed by atoms with Crippen molar-refractivity contribution < 1.29 is 12.8 Å². The number of hydrogen-bond donors (Lipinski definition) is 1. The standard InChI is InChI=1S/C11H14N2O3S/c1-7(2)17(14,15)6-11-13-9-4-3-8(12)5-10(9)16-11/h3-5,7H,6,12H2,1-2H3. The summed E-state index contributed by atoms with van der Waals surface area (Å²) in [5.74, 6) is 0.0264. The maximum absolute atomic E-state index is 11.7. The van der Waals surface area contributed by atoms with Crippen LogP contribution in [-0.2, 0) is 15.6 Å². The lowest BCUT2D eigenvalue weighted by molar-refractivity contribution is 0.537. The molecule has 0 aliphatic carbocycles. The fourth-order valence-corrected chi connectivity index (χ4v) is 2.19. The Morgan fingerprint density at radius 1 is 1.41 bits per heavy atom. The SMILES string of the molecule is CC(C)S(=O)(=O)Cc1nc2ccc(N)cc2o1. The van der Waals surface area contributed by atoms with E-state index in [-0.39, 0.29) is 11.6 Å². The summed E-state index contributed by atoms with van der Waals surface area (Å²) >= 11 is 0. The Morgan fingerprint density at radius 2 is 2.12 bits per heavy atom. The van der Waals surface area contributed by atoms with Crippen LogP contribution in [0.1, 0.15) is 19.7 Å². The van der Waals surface area contributed by atoms with Gasteiger partial charge in [0.25, 0.3) is 0 Å². The van der Waals surface area contributed by atoms with Crippen molar-refractivity contribution in [3.8, 4) is 0 Å². The van der Waals surface area contributed by atoms with E-state index in [9.17, 15) is 8.42 Å². The molecule has 0 saturated heterocycles. The molecule has 92 valence electrons. The van der Waals surface area contributed by atoms with E-state index in [2.05, 4.69) is 4.98 Å². The van der Waals surface area contributed by atoms with Crippen LogP contribution in [0.5, 0.6) is 0 Å². The Morgan fingerprint density at radius 3 is 2.76 bits per heavy atom. The van der Waals surface area contributed by atoms with Gasteiger partial charge in [0.2, 0.25) is 5.89 Å². The lowest BCUT2D eigenvalue weighted by Gasteiger charge is -2.03. The van der Waals surface area contributed by atoms with E-state index in [1.807, 2.05) is 0 Å². The largest absolute Gasteiger partial charge is 0.440 e. The van der Waals surface area contributed by atoms with Crippen LogP contribution in [-0.4, -0.2) is 18.7 Å². The van der Waals surface area contributed by atoms with Gasteiger partial charge in [-0.2, -0.15) is 0 Å². The second kappa shape index (κ2) is 4.03. The number of nitrogens with zero attached hydrogens (tertiary/aromatic N) is 1. The number of benzene rings is 1. The monoisotopic (exact) mass is 254 g/mol. The first-order chi connectivity index (χ1) is 7.88. The maximum Gasteiger partial charge on any atom is 0.210 e. The normalized spacial score (nSPS) is 12.4. The molecule has 0 atom stereocenters. The Balaban J connectivity index is 2.38. The molecule has 0 radical (unpaired) electrons. The third-order valence-electron chi connectivity index (χ3n) is 2.50. The van der Waals surface area contributed by atoms with Crippen LogP contribution in [0.25, 0.3) is 11.1 Å². The van der Waals surface area contributed by atoms with Crippen LogP contribution in [0.15, 0.2) is 22.6 Å². The van der Waals surface area contributed by atoms with E-state index < -0.39 is 15.1 Å². The number of anilines is 1. The van der Waals surface area contributed by atoms with Crippen molar-refractivity contribution in [3.05, 3.63) is 24.1 Å². The molecule has 5 nitrogen and oxygen atoms in total. The van der Waals surface area contributed by atoms with Crippen molar-refractivity contribution in [2.45, 2.75) is 24.9 Å². The van der Waals surface area contributed by atoms with E-state index in [0.29, 0.717) is 16.8 Å². The van der Waals surface area contributed by atoms with Crippen LogP contribution in [0, 0.1) is 0 Å². The fraction of sp³-hybridized carbons (Fsp3) is 0.364. The van der Waals surface area contributed by atoms with Gasteiger partial charge in [0.15, 0.2) is 15.4 Å². The highest BCUT2D eigenvalue weighted by molar-refractivity contribution is 7.91. The molecular formula is C11H14N2O3S. The van der Waals surface area contributed by atoms with Gasteiger partial charge in [0.05, 0.1) is 5.25 Å². The molecule has 2 rings (SSSR count). The van der Waals surface area contributed by atoms with E-state index in [1.165, 1.54) is 0 Å². The Bertz CT molecular complexity index is 644. The highest BCUT2D eigenvalue weighted by atomic mass is 32.2. The minimum absolute atomic E-state index is 0.181. The van der Waals surface area contributed by atoms with Gasteiger partial charge in [-0.15, -0.1) is 0 Å². The van der Waals surface area contributed by atoms with Gasteiger partial charge in [-0.1, -0.05) is 0 Å². The second-order valence-corrected chi connectivity index (χ2v) is 6.75. The quantitative estimate of drug-likeness (QED) is 0.843. The van der Waals surface area contributed by atoms with Gasteiger partial charge in [0, 0.05) is 11.8 Å². The summed E-state index contributed by atoms with van der Waals surface area (Å²) in [6.45, 7) is 3.27. The maximum atomic E-state index is 11.7. The topological polar surface area (TPSA) is 86.2 Å². The van der Waals surface area contributed by atoms with Gasteiger partial charge in [-0.3, -0.25) is 0 Å². The molecule has 6 heteroatoms. The van der Waals surface area contributed by atoms with Crippen molar-refractivity contribution in [2.24, 2.45) is 0 Å². The molecule has 0 amide bonds. The first kappa shape index (κ1) is 11.9. The summed E-state index contributed by atoms with van der Waals surface area (Å²) in [5.41, 5.74) is 7.30. The van der Waals surface area contributed by atoms with Gasteiger partial charge < -0.3 is 10.2 Å². The van der Waals surface area contributed by atoms with Crippen molar-refractivity contribution in [1.29, 1.82) is 0 Å². The zero-order valence-corrected chi connectivity index (χ0v) is 10.5. The average Bonchev–Trinajstić information content (AvgIpc) is 2.57. The highest BCUT2D eigenvalue weighted by Gasteiger charge is 2.20. The summed E-state index contributed by atoms with van der Waals surface area (Å²) < 4.78 is 28.8. The first-order valence-electron chi connectivity index (χ1n) is 5.25. The number of hydrogen-bond acceptors (Lipinski definition) is 5. The number of oxazole rings is 1. The molecule has 0 spiro atoms. The fourth-order valence-electron chi connectivity index (χ4n) is 1.39.